The standard InChI is InChI=1S/C23H28FN3O5/c24-18-7-3-16(4-8-18)14-25-23(30)20-12-15-5-9-19(10-6-15)32-11-1-2-17(22(29)27-31)13-21(28)26-20/h3-9,17,19-20,31H,1-2,10-14H2,(H,25,30)(H,26,28)(H,27,29)/t17-,19?,20-/m0/s1. The van der Waals surface area contributed by atoms with Gasteiger partial charge in [0.05, 0.1) is 6.10 Å². The molecule has 4 rings (SSSR count). The molecule has 1 aromatic rings. The number of hydrogen-bond acceptors (Lipinski definition) is 5. The average molecular weight is 445 g/mol. The lowest BCUT2D eigenvalue weighted by atomic mass is 9.95. The summed E-state index contributed by atoms with van der Waals surface area (Å²) in [5.41, 5.74) is 3.23. The minimum atomic E-state index is -0.850. The van der Waals surface area contributed by atoms with Crippen LogP contribution in [0.15, 0.2) is 48.1 Å². The number of benzene rings is 1. The number of fused-ring (bicyclic) bond motifs is 10. The molecule has 0 saturated heterocycles. The summed E-state index contributed by atoms with van der Waals surface area (Å²) in [5.74, 6) is -2.59. The summed E-state index contributed by atoms with van der Waals surface area (Å²) in [7, 11) is 0. The van der Waals surface area contributed by atoms with Crippen LogP contribution in [0.4, 0.5) is 4.39 Å². The lowest BCUT2D eigenvalue weighted by Gasteiger charge is -2.24. The quantitative estimate of drug-likeness (QED) is 0.417. The van der Waals surface area contributed by atoms with Crippen molar-refractivity contribution in [3.63, 3.8) is 0 Å². The predicted molar refractivity (Wildman–Crippen MR) is 114 cm³/mol. The molecule has 0 radical (unpaired) electrons. The number of carbonyl (C=O) groups excluding carboxylic acids is 3. The first-order valence-electron chi connectivity index (χ1n) is 10.7. The third-order valence-electron chi connectivity index (χ3n) is 5.55. The highest BCUT2D eigenvalue weighted by molar-refractivity contribution is 5.90. The largest absolute Gasteiger partial charge is 0.374 e. The van der Waals surface area contributed by atoms with Crippen molar-refractivity contribution in [1.29, 1.82) is 0 Å². The van der Waals surface area contributed by atoms with Crippen LogP contribution in [0.2, 0.25) is 0 Å². The topological polar surface area (TPSA) is 117 Å². The number of rotatable bonds is 4. The first kappa shape index (κ1) is 23.6. The number of ether oxygens (including phenoxy) is 1. The van der Waals surface area contributed by atoms with Crippen LogP contribution < -0.4 is 16.1 Å². The Morgan fingerprint density at radius 2 is 1.97 bits per heavy atom. The highest BCUT2D eigenvalue weighted by Gasteiger charge is 2.27. The summed E-state index contributed by atoms with van der Waals surface area (Å²) < 4.78 is 18.9. The number of hydroxylamine groups is 1. The fourth-order valence-electron chi connectivity index (χ4n) is 3.74. The van der Waals surface area contributed by atoms with Gasteiger partial charge in [0.2, 0.25) is 17.7 Å². The van der Waals surface area contributed by atoms with Gasteiger partial charge in [-0.1, -0.05) is 30.4 Å². The van der Waals surface area contributed by atoms with Crippen molar-refractivity contribution in [3.8, 4) is 0 Å². The molecule has 1 aromatic carbocycles. The summed E-state index contributed by atoms with van der Waals surface area (Å²) in [6, 6.07) is 4.93. The van der Waals surface area contributed by atoms with Gasteiger partial charge in [0.1, 0.15) is 11.9 Å². The van der Waals surface area contributed by atoms with E-state index in [1.807, 2.05) is 18.2 Å². The van der Waals surface area contributed by atoms with E-state index in [0.29, 0.717) is 25.9 Å². The molecule has 172 valence electrons. The number of halogens is 1. The predicted octanol–water partition coefficient (Wildman–Crippen LogP) is 1.89. The van der Waals surface area contributed by atoms with Gasteiger partial charge in [0, 0.05) is 31.9 Å². The van der Waals surface area contributed by atoms with Crippen LogP contribution in [0.5, 0.6) is 0 Å². The maximum Gasteiger partial charge on any atom is 0.246 e. The van der Waals surface area contributed by atoms with E-state index in [0.717, 1.165) is 11.1 Å². The maximum absolute atomic E-state index is 13.1. The van der Waals surface area contributed by atoms with Gasteiger partial charge in [0.15, 0.2) is 0 Å². The Morgan fingerprint density at radius 3 is 2.66 bits per heavy atom. The van der Waals surface area contributed by atoms with E-state index in [4.69, 9.17) is 9.94 Å². The average Bonchev–Trinajstić information content (AvgIpc) is 2.80. The molecule has 8 nitrogen and oxygen atoms in total. The van der Waals surface area contributed by atoms with E-state index in [1.165, 1.54) is 12.1 Å². The third-order valence-corrected chi connectivity index (χ3v) is 5.55. The summed E-state index contributed by atoms with van der Waals surface area (Å²) in [6.45, 7) is 0.620. The van der Waals surface area contributed by atoms with Gasteiger partial charge in [-0.05, 0) is 42.5 Å². The fraction of sp³-hybridized carbons (Fsp3) is 0.435. The number of amides is 3. The van der Waals surface area contributed by atoms with Gasteiger partial charge >= 0.3 is 0 Å². The monoisotopic (exact) mass is 445 g/mol. The molecule has 0 saturated carbocycles. The molecule has 1 unspecified atom stereocenters. The SMILES string of the molecule is O=C1C[C@@H](C(=O)NO)CCCOC2C=CC(=CC2)C[C@@H](C(=O)NCc2ccc(F)cc2)N1. The van der Waals surface area contributed by atoms with Crippen LogP contribution >= 0.6 is 0 Å². The molecule has 3 aliphatic rings. The second-order valence-corrected chi connectivity index (χ2v) is 7.97. The molecular weight excluding hydrogens is 417 g/mol. The Kier molecular flexibility index (Phi) is 8.52. The molecule has 0 spiro atoms. The molecule has 0 aromatic heterocycles. The van der Waals surface area contributed by atoms with Crippen molar-refractivity contribution in [1.82, 2.24) is 16.1 Å². The van der Waals surface area contributed by atoms with Crippen molar-refractivity contribution < 1.29 is 28.7 Å². The highest BCUT2D eigenvalue weighted by atomic mass is 19.1. The first-order chi connectivity index (χ1) is 15.4. The fourth-order valence-corrected chi connectivity index (χ4v) is 3.74. The number of nitrogens with one attached hydrogen (secondary N) is 3. The molecule has 3 amide bonds. The molecule has 4 N–H and O–H groups in total. The summed E-state index contributed by atoms with van der Waals surface area (Å²) >= 11 is 0. The number of allylic oxidation sites excluding steroid dienone is 1. The van der Waals surface area contributed by atoms with Crippen molar-refractivity contribution in [2.24, 2.45) is 5.92 Å². The van der Waals surface area contributed by atoms with Crippen molar-refractivity contribution in [2.45, 2.75) is 50.8 Å². The van der Waals surface area contributed by atoms with Gasteiger partial charge in [-0.2, -0.15) is 0 Å². The second-order valence-electron chi connectivity index (χ2n) is 7.97. The maximum atomic E-state index is 13.1. The highest BCUT2D eigenvalue weighted by Crippen LogP contribution is 2.20. The Balaban J connectivity index is 1.72. The Bertz CT molecular complexity index is 884. The molecule has 3 atom stereocenters. The van der Waals surface area contributed by atoms with Gasteiger partial charge in [-0.25, -0.2) is 9.87 Å². The van der Waals surface area contributed by atoms with Crippen LogP contribution in [0.1, 0.15) is 37.7 Å². The molecule has 32 heavy (non-hydrogen) atoms. The molecule has 2 bridgehead atoms. The minimum absolute atomic E-state index is 0.0767. The van der Waals surface area contributed by atoms with E-state index in [9.17, 15) is 18.8 Å². The van der Waals surface area contributed by atoms with Gasteiger partial charge in [-0.3, -0.25) is 19.6 Å². The zero-order valence-corrected chi connectivity index (χ0v) is 17.7. The lowest BCUT2D eigenvalue weighted by Crippen LogP contribution is -2.47. The van der Waals surface area contributed by atoms with Gasteiger partial charge < -0.3 is 15.4 Å². The number of hydrogen-bond donors (Lipinski definition) is 4. The number of carbonyl (C=O) groups is 3. The zero-order chi connectivity index (χ0) is 22.9. The second kappa shape index (κ2) is 11.5. The van der Waals surface area contributed by atoms with E-state index >= 15 is 0 Å². The molecule has 0 fully saturated rings. The normalized spacial score (nSPS) is 24.1. The molecule has 9 heteroatoms. The molecule has 2 aliphatic heterocycles. The zero-order valence-electron chi connectivity index (χ0n) is 17.7. The van der Waals surface area contributed by atoms with Crippen LogP contribution in [0.3, 0.4) is 0 Å². The molecule has 1 aliphatic carbocycles. The van der Waals surface area contributed by atoms with E-state index in [1.54, 1.807) is 17.6 Å². The lowest BCUT2D eigenvalue weighted by molar-refractivity contribution is -0.137. The Hall–Kier alpha value is -3.04. The smallest absolute Gasteiger partial charge is 0.246 e. The van der Waals surface area contributed by atoms with Gasteiger partial charge in [-0.15, -0.1) is 0 Å². The summed E-state index contributed by atoms with van der Waals surface area (Å²) in [6.07, 6.45) is 7.42. The van der Waals surface area contributed by atoms with E-state index < -0.39 is 23.8 Å². The first-order valence-corrected chi connectivity index (χ1v) is 10.7. The Labute approximate surface area is 185 Å². The van der Waals surface area contributed by atoms with E-state index in [2.05, 4.69) is 10.6 Å². The van der Waals surface area contributed by atoms with Crippen LogP contribution in [-0.4, -0.2) is 41.7 Å². The van der Waals surface area contributed by atoms with Gasteiger partial charge in [0.25, 0.3) is 0 Å². The van der Waals surface area contributed by atoms with Crippen molar-refractivity contribution in [2.75, 3.05) is 6.61 Å². The summed E-state index contributed by atoms with van der Waals surface area (Å²) in [4.78, 5) is 37.5. The van der Waals surface area contributed by atoms with E-state index in [-0.39, 0.29) is 37.2 Å². The van der Waals surface area contributed by atoms with Crippen LogP contribution in [0, 0.1) is 11.7 Å². The van der Waals surface area contributed by atoms with Crippen molar-refractivity contribution in [3.05, 3.63) is 59.4 Å². The van der Waals surface area contributed by atoms with Crippen LogP contribution in [0.25, 0.3) is 0 Å². The molecule has 2 heterocycles. The molecular formula is C23H28FN3O5. The van der Waals surface area contributed by atoms with Crippen LogP contribution in [-0.2, 0) is 25.7 Å². The Morgan fingerprint density at radius 1 is 1.19 bits per heavy atom. The third kappa shape index (κ3) is 7.00. The summed E-state index contributed by atoms with van der Waals surface area (Å²) in [5, 5.41) is 14.5. The minimum Gasteiger partial charge on any atom is -0.374 e. The van der Waals surface area contributed by atoms with Crippen molar-refractivity contribution >= 4 is 17.7 Å².